The number of amides is 2. The van der Waals surface area contributed by atoms with Gasteiger partial charge in [-0.15, -0.1) is 0 Å². The van der Waals surface area contributed by atoms with E-state index in [1.165, 1.54) is 0 Å². The number of hydrogen-bond donors (Lipinski definition) is 2. The molecule has 6 nitrogen and oxygen atoms in total. The zero-order chi connectivity index (χ0) is 21.8. The first kappa shape index (κ1) is 20.3. The van der Waals surface area contributed by atoms with Crippen molar-refractivity contribution < 1.29 is 4.79 Å². The van der Waals surface area contributed by atoms with Gasteiger partial charge in [-0.05, 0) is 23.3 Å². The number of urea groups is 1. The average Bonchev–Trinajstić information content (AvgIpc) is 3.26. The lowest BCUT2D eigenvalue weighted by Gasteiger charge is -2.35. The fourth-order valence-electron chi connectivity index (χ4n) is 4.27. The van der Waals surface area contributed by atoms with Crippen molar-refractivity contribution in [3.05, 3.63) is 102 Å². The van der Waals surface area contributed by atoms with Gasteiger partial charge in [0.2, 0.25) is 0 Å². The van der Waals surface area contributed by atoms with Crippen LogP contribution in [0.1, 0.15) is 23.0 Å². The minimum Gasteiger partial charge on any atom is -0.341 e. The molecule has 5 rings (SSSR count). The molecule has 3 aromatic carbocycles. The van der Waals surface area contributed by atoms with Crippen LogP contribution in [-0.4, -0.2) is 52.0 Å². The third kappa shape index (κ3) is 4.50. The maximum atomic E-state index is 13.1. The lowest BCUT2D eigenvalue weighted by Crippen LogP contribution is -2.52. The Morgan fingerprint density at radius 1 is 0.844 bits per heavy atom. The van der Waals surface area contributed by atoms with Crippen molar-refractivity contribution >= 4 is 17.1 Å². The number of carbonyl (C=O) groups excluding carboxylic acids is 1. The number of imidazole rings is 1. The summed E-state index contributed by atoms with van der Waals surface area (Å²) in [6.07, 6.45) is 0. The Balaban J connectivity index is 1.21. The lowest BCUT2D eigenvalue weighted by molar-refractivity contribution is 0.132. The predicted octanol–water partition coefficient (Wildman–Crippen LogP) is 4.18. The summed E-state index contributed by atoms with van der Waals surface area (Å²) in [5.74, 6) is 0.970. The number of nitrogens with zero attached hydrogens (tertiary/aromatic N) is 3. The molecule has 0 atom stereocenters. The number of benzene rings is 3. The fourth-order valence-corrected chi connectivity index (χ4v) is 4.27. The van der Waals surface area contributed by atoms with Gasteiger partial charge in [0.1, 0.15) is 5.82 Å². The molecule has 6 heteroatoms. The highest BCUT2D eigenvalue weighted by Gasteiger charge is 2.25. The average molecular weight is 426 g/mol. The molecule has 0 saturated carbocycles. The number of aromatic nitrogens is 2. The Morgan fingerprint density at radius 3 is 2.06 bits per heavy atom. The Hall–Kier alpha value is -3.64. The molecule has 162 valence electrons. The minimum absolute atomic E-state index is 0.0221. The maximum Gasteiger partial charge on any atom is 0.318 e. The summed E-state index contributed by atoms with van der Waals surface area (Å²) in [7, 11) is 0. The van der Waals surface area contributed by atoms with Gasteiger partial charge in [-0.2, -0.15) is 0 Å². The van der Waals surface area contributed by atoms with Crippen LogP contribution < -0.4 is 5.32 Å². The van der Waals surface area contributed by atoms with Crippen LogP contribution in [0.2, 0.25) is 0 Å². The SMILES string of the molecule is O=C(NC(c1ccccc1)c1ccccc1)N1CCN(Cc2nc3ccccc3[nH]2)CC1. The molecule has 0 unspecified atom stereocenters. The summed E-state index contributed by atoms with van der Waals surface area (Å²) < 4.78 is 0. The molecule has 2 N–H and O–H groups in total. The highest BCUT2D eigenvalue weighted by molar-refractivity contribution is 5.76. The van der Waals surface area contributed by atoms with Gasteiger partial charge in [-0.25, -0.2) is 9.78 Å². The summed E-state index contributed by atoms with van der Waals surface area (Å²) in [5, 5.41) is 3.25. The van der Waals surface area contributed by atoms with Crippen LogP contribution in [0.4, 0.5) is 4.79 Å². The Labute approximate surface area is 187 Å². The number of aromatic amines is 1. The van der Waals surface area contributed by atoms with E-state index in [4.69, 9.17) is 0 Å². The number of rotatable bonds is 5. The molecule has 0 aliphatic carbocycles. The van der Waals surface area contributed by atoms with E-state index in [-0.39, 0.29) is 12.1 Å². The molecule has 1 aromatic heterocycles. The molecule has 4 aromatic rings. The first-order chi connectivity index (χ1) is 15.8. The van der Waals surface area contributed by atoms with Crippen molar-refractivity contribution in [2.24, 2.45) is 0 Å². The van der Waals surface area contributed by atoms with E-state index in [2.05, 4.69) is 44.5 Å². The summed E-state index contributed by atoms with van der Waals surface area (Å²) in [5.41, 5.74) is 4.22. The van der Waals surface area contributed by atoms with Gasteiger partial charge in [0.25, 0.3) is 0 Å². The predicted molar refractivity (Wildman–Crippen MR) is 126 cm³/mol. The number of nitrogens with one attached hydrogen (secondary N) is 2. The maximum absolute atomic E-state index is 13.1. The van der Waals surface area contributed by atoms with Crippen LogP contribution in [0.15, 0.2) is 84.9 Å². The molecule has 2 amide bonds. The second-order valence-electron chi connectivity index (χ2n) is 8.17. The summed E-state index contributed by atoms with van der Waals surface area (Å²) in [6.45, 7) is 3.81. The standard InChI is InChI=1S/C26H27N5O/c32-26(29-25(20-9-3-1-4-10-20)21-11-5-2-6-12-21)31-17-15-30(16-18-31)19-24-27-22-13-7-8-14-23(22)28-24/h1-14,25H,15-19H2,(H,27,28)(H,29,32). The monoisotopic (exact) mass is 425 g/mol. The summed E-state index contributed by atoms with van der Waals surface area (Å²) in [4.78, 5) is 25.4. The highest BCUT2D eigenvalue weighted by Crippen LogP contribution is 2.22. The topological polar surface area (TPSA) is 64.3 Å². The second kappa shape index (κ2) is 9.24. The fraction of sp³-hybridized carbons (Fsp3) is 0.231. The Bertz CT molecular complexity index is 1090. The van der Waals surface area contributed by atoms with Crippen molar-refractivity contribution in [1.29, 1.82) is 0 Å². The van der Waals surface area contributed by atoms with Crippen LogP contribution >= 0.6 is 0 Å². The van der Waals surface area contributed by atoms with E-state index in [1.807, 2.05) is 65.6 Å². The number of carbonyl (C=O) groups is 1. The van der Waals surface area contributed by atoms with Crippen molar-refractivity contribution in [2.75, 3.05) is 26.2 Å². The smallest absolute Gasteiger partial charge is 0.318 e. The number of para-hydroxylation sites is 2. The van der Waals surface area contributed by atoms with Gasteiger partial charge >= 0.3 is 6.03 Å². The van der Waals surface area contributed by atoms with Crippen LogP contribution in [0.3, 0.4) is 0 Å². The minimum atomic E-state index is -0.168. The Kier molecular flexibility index (Phi) is 5.85. The van der Waals surface area contributed by atoms with Crippen molar-refractivity contribution in [2.45, 2.75) is 12.6 Å². The summed E-state index contributed by atoms with van der Waals surface area (Å²) in [6, 6.07) is 28.2. The highest BCUT2D eigenvalue weighted by atomic mass is 16.2. The number of piperazine rings is 1. The van der Waals surface area contributed by atoms with Gasteiger partial charge in [0.15, 0.2) is 0 Å². The van der Waals surface area contributed by atoms with Crippen LogP contribution in [0, 0.1) is 0 Å². The molecule has 2 heterocycles. The normalized spacial score (nSPS) is 14.7. The molecule has 1 fully saturated rings. The first-order valence-corrected chi connectivity index (χ1v) is 11.1. The van der Waals surface area contributed by atoms with Crippen LogP contribution in [0.5, 0.6) is 0 Å². The molecular weight excluding hydrogens is 398 g/mol. The van der Waals surface area contributed by atoms with Crippen LogP contribution in [0.25, 0.3) is 11.0 Å². The van der Waals surface area contributed by atoms with Gasteiger partial charge in [-0.1, -0.05) is 72.8 Å². The number of fused-ring (bicyclic) bond motifs is 1. The van der Waals surface area contributed by atoms with E-state index in [1.54, 1.807) is 0 Å². The Morgan fingerprint density at radius 2 is 1.44 bits per heavy atom. The summed E-state index contributed by atoms with van der Waals surface area (Å²) >= 11 is 0. The van der Waals surface area contributed by atoms with Gasteiger partial charge in [-0.3, -0.25) is 4.90 Å². The van der Waals surface area contributed by atoms with Crippen LogP contribution in [-0.2, 0) is 6.54 Å². The quantitative estimate of drug-likeness (QED) is 0.504. The van der Waals surface area contributed by atoms with E-state index >= 15 is 0 Å². The van der Waals surface area contributed by atoms with Gasteiger partial charge in [0, 0.05) is 26.2 Å². The first-order valence-electron chi connectivity index (χ1n) is 11.1. The van der Waals surface area contributed by atoms with Crippen molar-refractivity contribution in [3.8, 4) is 0 Å². The van der Waals surface area contributed by atoms with E-state index in [9.17, 15) is 4.79 Å². The van der Waals surface area contributed by atoms with Crippen molar-refractivity contribution in [1.82, 2.24) is 25.1 Å². The zero-order valence-electron chi connectivity index (χ0n) is 17.9. The molecule has 0 bridgehead atoms. The molecule has 0 spiro atoms. The number of hydrogen-bond acceptors (Lipinski definition) is 3. The molecular formula is C26H27N5O. The van der Waals surface area contributed by atoms with E-state index in [0.29, 0.717) is 13.1 Å². The molecule has 1 saturated heterocycles. The van der Waals surface area contributed by atoms with E-state index < -0.39 is 0 Å². The second-order valence-corrected chi connectivity index (χ2v) is 8.17. The van der Waals surface area contributed by atoms with Gasteiger partial charge < -0.3 is 15.2 Å². The van der Waals surface area contributed by atoms with Gasteiger partial charge in [0.05, 0.1) is 23.6 Å². The molecule has 1 aliphatic rings. The molecule has 0 radical (unpaired) electrons. The number of H-pyrrole nitrogens is 1. The lowest BCUT2D eigenvalue weighted by atomic mass is 9.99. The zero-order valence-corrected chi connectivity index (χ0v) is 17.9. The molecule has 32 heavy (non-hydrogen) atoms. The van der Waals surface area contributed by atoms with E-state index in [0.717, 1.165) is 47.6 Å². The third-order valence-electron chi connectivity index (χ3n) is 6.00. The molecule has 1 aliphatic heterocycles. The van der Waals surface area contributed by atoms with Crippen molar-refractivity contribution in [3.63, 3.8) is 0 Å². The third-order valence-corrected chi connectivity index (χ3v) is 6.00. The largest absolute Gasteiger partial charge is 0.341 e.